The fourth-order valence-corrected chi connectivity index (χ4v) is 5.27. The van der Waals surface area contributed by atoms with Gasteiger partial charge in [-0.1, -0.05) is 36.0 Å². The summed E-state index contributed by atoms with van der Waals surface area (Å²) in [5, 5.41) is 3.25. The molecule has 0 spiro atoms. The minimum atomic E-state index is -3.61. The van der Waals surface area contributed by atoms with Crippen LogP contribution in [-0.4, -0.2) is 43.8 Å². The number of carbonyl (C=O) groups is 2. The third-order valence-corrected chi connectivity index (χ3v) is 7.60. The summed E-state index contributed by atoms with van der Waals surface area (Å²) in [7, 11) is -3.61. The van der Waals surface area contributed by atoms with Gasteiger partial charge in [0.2, 0.25) is 10.0 Å². The molecule has 0 radical (unpaired) electrons. The lowest BCUT2D eigenvalue weighted by Crippen LogP contribution is -2.32. The highest BCUT2D eigenvalue weighted by atomic mass is 35.5. The molecule has 32 heavy (non-hydrogen) atoms. The zero-order valence-electron chi connectivity index (χ0n) is 17.5. The van der Waals surface area contributed by atoms with Gasteiger partial charge in [-0.2, -0.15) is 4.31 Å². The van der Waals surface area contributed by atoms with E-state index in [0.717, 1.165) is 25.7 Å². The normalized spacial score (nSPS) is 16.1. The van der Waals surface area contributed by atoms with Crippen LogP contribution in [0.4, 0.5) is 5.69 Å². The number of hydrogen-bond acceptors (Lipinski definition) is 5. The van der Waals surface area contributed by atoms with Gasteiger partial charge < -0.3 is 10.1 Å². The molecule has 0 aromatic heterocycles. The van der Waals surface area contributed by atoms with Crippen molar-refractivity contribution in [3.05, 3.63) is 58.1 Å². The number of amides is 1. The van der Waals surface area contributed by atoms with Crippen molar-refractivity contribution in [1.82, 2.24) is 4.31 Å². The molecule has 1 N–H and O–H groups in total. The Morgan fingerprint density at radius 1 is 1.00 bits per heavy atom. The van der Waals surface area contributed by atoms with Gasteiger partial charge in [0.25, 0.3) is 5.91 Å². The van der Waals surface area contributed by atoms with Gasteiger partial charge in [-0.3, -0.25) is 4.79 Å². The van der Waals surface area contributed by atoms with Gasteiger partial charge in [-0.25, -0.2) is 13.2 Å². The van der Waals surface area contributed by atoms with Crippen LogP contribution in [0.3, 0.4) is 0 Å². The van der Waals surface area contributed by atoms with E-state index in [-0.39, 0.29) is 15.5 Å². The van der Waals surface area contributed by atoms with Crippen LogP contribution in [0.25, 0.3) is 0 Å². The number of nitrogens with zero attached hydrogens (tertiary/aromatic N) is 1. The first-order chi connectivity index (χ1) is 15.2. The SMILES string of the molecule is C[C@H](OC(=O)c1ccc(S(=O)(=O)N2CCCCCC2)cc1)C(=O)Nc1ccc(Cl)cc1Cl. The number of nitrogens with one attached hydrogen (secondary N) is 1. The van der Waals surface area contributed by atoms with E-state index in [4.69, 9.17) is 27.9 Å². The summed E-state index contributed by atoms with van der Waals surface area (Å²) in [6.45, 7) is 2.42. The van der Waals surface area contributed by atoms with Gasteiger partial charge in [0.1, 0.15) is 0 Å². The summed E-state index contributed by atoms with van der Waals surface area (Å²) in [4.78, 5) is 24.9. The van der Waals surface area contributed by atoms with Crippen LogP contribution < -0.4 is 5.32 Å². The van der Waals surface area contributed by atoms with Crippen LogP contribution in [0.2, 0.25) is 10.0 Å². The predicted octanol–water partition coefficient (Wildman–Crippen LogP) is 4.74. The van der Waals surface area contributed by atoms with Gasteiger partial charge in [0, 0.05) is 18.1 Å². The number of anilines is 1. The van der Waals surface area contributed by atoms with Gasteiger partial charge in [0.05, 0.1) is 21.2 Å². The highest BCUT2D eigenvalue weighted by Gasteiger charge is 2.26. The van der Waals surface area contributed by atoms with Gasteiger partial charge in [-0.15, -0.1) is 0 Å². The quantitative estimate of drug-likeness (QED) is 0.580. The first-order valence-electron chi connectivity index (χ1n) is 10.3. The van der Waals surface area contributed by atoms with Crippen molar-refractivity contribution >= 4 is 50.8 Å². The zero-order chi connectivity index (χ0) is 23.3. The summed E-state index contributed by atoms with van der Waals surface area (Å²) >= 11 is 11.9. The molecule has 0 aliphatic carbocycles. The summed E-state index contributed by atoms with van der Waals surface area (Å²) in [6.07, 6.45) is 2.62. The molecule has 2 aromatic rings. The maximum atomic E-state index is 12.8. The molecule has 1 amide bonds. The van der Waals surface area contributed by atoms with Crippen LogP contribution in [0.5, 0.6) is 0 Å². The Morgan fingerprint density at radius 3 is 2.22 bits per heavy atom. The Hall–Kier alpha value is -2.13. The molecule has 10 heteroatoms. The number of hydrogen-bond donors (Lipinski definition) is 1. The number of esters is 1. The number of carbonyl (C=O) groups excluding carboxylic acids is 2. The van der Waals surface area contributed by atoms with E-state index in [9.17, 15) is 18.0 Å². The summed E-state index contributed by atoms with van der Waals surface area (Å²) in [5.41, 5.74) is 0.482. The molecule has 1 atom stereocenters. The van der Waals surface area contributed by atoms with E-state index < -0.39 is 28.0 Å². The van der Waals surface area contributed by atoms with Crippen LogP contribution in [0.15, 0.2) is 47.4 Å². The number of sulfonamides is 1. The highest BCUT2D eigenvalue weighted by molar-refractivity contribution is 7.89. The molecule has 7 nitrogen and oxygen atoms in total. The van der Waals surface area contributed by atoms with Gasteiger partial charge in [-0.05, 0) is 62.2 Å². The first kappa shape index (κ1) is 24.5. The van der Waals surface area contributed by atoms with Crippen molar-refractivity contribution in [3.8, 4) is 0 Å². The van der Waals surface area contributed by atoms with Crippen LogP contribution in [0, 0.1) is 0 Å². The predicted molar refractivity (Wildman–Crippen MR) is 124 cm³/mol. The van der Waals surface area contributed by atoms with E-state index >= 15 is 0 Å². The van der Waals surface area contributed by atoms with Crippen molar-refractivity contribution in [2.75, 3.05) is 18.4 Å². The largest absolute Gasteiger partial charge is 0.449 e. The Morgan fingerprint density at radius 2 is 1.62 bits per heavy atom. The second-order valence-corrected chi connectivity index (χ2v) is 10.3. The standard InChI is InChI=1S/C22H24Cl2N2O5S/c1-15(21(27)25-20-11-8-17(23)14-19(20)24)31-22(28)16-6-9-18(10-7-16)32(29,30)26-12-4-2-3-5-13-26/h6-11,14-15H,2-5,12-13H2,1H3,(H,25,27)/t15-/m0/s1. The molecular weight excluding hydrogens is 475 g/mol. The smallest absolute Gasteiger partial charge is 0.338 e. The summed E-state index contributed by atoms with van der Waals surface area (Å²) < 4.78 is 32.4. The van der Waals surface area contributed by atoms with E-state index in [2.05, 4.69) is 5.32 Å². The van der Waals surface area contributed by atoms with E-state index in [1.54, 1.807) is 12.1 Å². The van der Waals surface area contributed by atoms with Crippen LogP contribution >= 0.6 is 23.2 Å². The topological polar surface area (TPSA) is 92.8 Å². The lowest BCUT2D eigenvalue weighted by atomic mass is 10.2. The molecule has 1 aliphatic heterocycles. The molecule has 0 saturated carbocycles. The molecule has 0 bridgehead atoms. The van der Waals surface area contributed by atoms with Gasteiger partial charge >= 0.3 is 5.97 Å². The van der Waals surface area contributed by atoms with E-state index in [1.165, 1.54) is 41.6 Å². The maximum absolute atomic E-state index is 12.8. The van der Waals surface area contributed by atoms with E-state index in [0.29, 0.717) is 23.8 Å². The molecule has 1 fully saturated rings. The number of rotatable bonds is 6. The second-order valence-electron chi connectivity index (χ2n) is 7.50. The average Bonchev–Trinajstić information content (AvgIpc) is 3.06. The Bertz CT molecular complexity index is 1080. The van der Waals surface area contributed by atoms with E-state index in [1.807, 2.05) is 0 Å². The van der Waals surface area contributed by atoms with Crippen molar-refractivity contribution in [1.29, 1.82) is 0 Å². The molecule has 0 unspecified atom stereocenters. The summed E-state index contributed by atoms with van der Waals surface area (Å²) in [6, 6.07) is 10.1. The molecule has 1 saturated heterocycles. The monoisotopic (exact) mass is 498 g/mol. The molecule has 3 rings (SSSR count). The van der Waals surface area contributed by atoms with Gasteiger partial charge in [0.15, 0.2) is 6.10 Å². The minimum absolute atomic E-state index is 0.124. The Balaban J connectivity index is 1.63. The first-order valence-corrected chi connectivity index (χ1v) is 12.4. The van der Waals surface area contributed by atoms with Crippen LogP contribution in [-0.2, 0) is 19.6 Å². The minimum Gasteiger partial charge on any atom is -0.449 e. The lowest BCUT2D eigenvalue weighted by molar-refractivity contribution is -0.123. The van der Waals surface area contributed by atoms with Crippen molar-refractivity contribution in [2.24, 2.45) is 0 Å². The second kappa shape index (κ2) is 10.7. The third-order valence-electron chi connectivity index (χ3n) is 5.13. The van der Waals surface area contributed by atoms with Crippen molar-refractivity contribution in [2.45, 2.75) is 43.6 Å². The number of benzene rings is 2. The molecule has 1 heterocycles. The van der Waals surface area contributed by atoms with Crippen molar-refractivity contribution < 1.29 is 22.7 Å². The summed E-state index contributed by atoms with van der Waals surface area (Å²) in [5.74, 6) is -1.31. The number of ether oxygens (including phenoxy) is 1. The maximum Gasteiger partial charge on any atom is 0.338 e. The molecular formula is C22H24Cl2N2O5S. The molecule has 172 valence electrons. The lowest BCUT2D eigenvalue weighted by Gasteiger charge is -2.20. The van der Waals surface area contributed by atoms with Crippen molar-refractivity contribution in [3.63, 3.8) is 0 Å². The van der Waals surface area contributed by atoms with Crippen LogP contribution in [0.1, 0.15) is 43.0 Å². The average molecular weight is 499 g/mol. The third kappa shape index (κ3) is 6.01. The fraction of sp³-hybridized carbons (Fsp3) is 0.364. The number of halogens is 2. The Kier molecular flexibility index (Phi) is 8.16. The fourth-order valence-electron chi connectivity index (χ4n) is 3.30. The molecule has 2 aromatic carbocycles. The highest BCUT2D eigenvalue weighted by Crippen LogP contribution is 2.26. The zero-order valence-corrected chi connectivity index (χ0v) is 19.8. The Labute approximate surface area is 197 Å². The molecule has 1 aliphatic rings.